The highest BCUT2D eigenvalue weighted by atomic mass is 35.5. The number of hydrogen-bond donors (Lipinski definition) is 1. The van der Waals surface area contributed by atoms with Crippen LogP contribution in [0.1, 0.15) is 30.9 Å². The fraction of sp³-hybridized carbons (Fsp3) is 0.375. The molecule has 0 unspecified atom stereocenters. The van der Waals surface area contributed by atoms with Gasteiger partial charge in [-0.15, -0.1) is 0 Å². The van der Waals surface area contributed by atoms with E-state index in [2.05, 4.69) is 4.98 Å². The standard InChI is InChI=1S/C16H19ClN2O2/c1-2-7-13-14(17)18-16(21)19(15(13)20)11-6-10-12-8-4-3-5-9-12/h3-5,8-9H,2,6-7,10-11H2,1H3,(H,18,21). The summed E-state index contributed by atoms with van der Waals surface area (Å²) in [5.74, 6) is 0. The Bertz CT molecular complexity index is 704. The lowest BCUT2D eigenvalue weighted by Crippen LogP contribution is -2.37. The molecule has 0 spiro atoms. The molecule has 2 aromatic rings. The van der Waals surface area contributed by atoms with Gasteiger partial charge < -0.3 is 0 Å². The summed E-state index contributed by atoms with van der Waals surface area (Å²) in [6.07, 6.45) is 2.96. The first-order valence-corrected chi connectivity index (χ1v) is 7.56. The highest BCUT2D eigenvalue weighted by Crippen LogP contribution is 2.08. The number of aromatic nitrogens is 2. The van der Waals surface area contributed by atoms with Crippen LogP contribution in [-0.2, 0) is 19.4 Å². The summed E-state index contributed by atoms with van der Waals surface area (Å²) in [6, 6.07) is 10.0. The van der Waals surface area contributed by atoms with E-state index < -0.39 is 5.69 Å². The second-order valence-corrected chi connectivity index (χ2v) is 5.40. The van der Waals surface area contributed by atoms with Crippen molar-refractivity contribution in [3.63, 3.8) is 0 Å². The van der Waals surface area contributed by atoms with Gasteiger partial charge in [-0.2, -0.15) is 0 Å². The normalized spacial score (nSPS) is 10.8. The van der Waals surface area contributed by atoms with Crippen LogP contribution < -0.4 is 11.2 Å². The highest BCUT2D eigenvalue weighted by molar-refractivity contribution is 6.30. The Balaban J connectivity index is 2.15. The Labute approximate surface area is 128 Å². The van der Waals surface area contributed by atoms with Gasteiger partial charge in [-0.25, -0.2) is 4.79 Å². The third-order valence-electron chi connectivity index (χ3n) is 3.42. The van der Waals surface area contributed by atoms with Crippen molar-refractivity contribution < 1.29 is 0 Å². The van der Waals surface area contributed by atoms with Gasteiger partial charge in [0.05, 0.1) is 5.56 Å². The summed E-state index contributed by atoms with van der Waals surface area (Å²) >= 11 is 5.95. The molecule has 1 N–H and O–H groups in total. The van der Waals surface area contributed by atoms with Crippen molar-refractivity contribution in [3.05, 3.63) is 67.4 Å². The lowest BCUT2D eigenvalue weighted by molar-refractivity contribution is 0.583. The molecule has 0 aliphatic heterocycles. The van der Waals surface area contributed by atoms with Gasteiger partial charge in [0.25, 0.3) is 5.56 Å². The van der Waals surface area contributed by atoms with E-state index in [1.807, 2.05) is 37.3 Å². The van der Waals surface area contributed by atoms with Gasteiger partial charge in [-0.1, -0.05) is 55.3 Å². The molecule has 112 valence electrons. The van der Waals surface area contributed by atoms with Crippen molar-refractivity contribution in [2.45, 2.75) is 39.2 Å². The number of halogens is 1. The molecule has 0 aliphatic carbocycles. The van der Waals surface area contributed by atoms with Gasteiger partial charge in [0, 0.05) is 6.54 Å². The van der Waals surface area contributed by atoms with E-state index in [-0.39, 0.29) is 10.7 Å². The minimum absolute atomic E-state index is 0.172. The SMILES string of the molecule is CCCc1c(Cl)[nH]c(=O)n(CCCc2ccccc2)c1=O. The molecule has 0 aliphatic rings. The second kappa shape index (κ2) is 7.27. The van der Waals surface area contributed by atoms with E-state index in [0.717, 1.165) is 19.3 Å². The summed E-state index contributed by atoms with van der Waals surface area (Å²) in [5, 5.41) is 0.172. The molecule has 2 rings (SSSR count). The van der Waals surface area contributed by atoms with Gasteiger partial charge in [-0.05, 0) is 24.8 Å². The van der Waals surface area contributed by atoms with Crippen LogP contribution in [0, 0.1) is 0 Å². The number of nitrogens with one attached hydrogen (secondary N) is 1. The Hall–Kier alpha value is -1.81. The number of hydrogen-bond acceptors (Lipinski definition) is 2. The van der Waals surface area contributed by atoms with Crippen molar-refractivity contribution in [2.75, 3.05) is 0 Å². The molecule has 1 aromatic carbocycles. The molecular formula is C16H19ClN2O2. The average molecular weight is 307 g/mol. The first-order chi connectivity index (χ1) is 10.1. The maximum absolute atomic E-state index is 12.3. The monoisotopic (exact) mass is 306 g/mol. The van der Waals surface area contributed by atoms with Crippen LogP contribution in [0.3, 0.4) is 0 Å². The van der Waals surface area contributed by atoms with E-state index in [0.29, 0.717) is 18.5 Å². The Morgan fingerprint density at radius 3 is 2.52 bits per heavy atom. The Morgan fingerprint density at radius 2 is 1.86 bits per heavy atom. The van der Waals surface area contributed by atoms with Gasteiger partial charge in [0.1, 0.15) is 5.15 Å². The van der Waals surface area contributed by atoms with Gasteiger partial charge in [0.15, 0.2) is 0 Å². The average Bonchev–Trinajstić information content (AvgIpc) is 2.48. The molecular weight excluding hydrogens is 288 g/mol. The van der Waals surface area contributed by atoms with Crippen molar-refractivity contribution in [3.8, 4) is 0 Å². The maximum atomic E-state index is 12.3. The Morgan fingerprint density at radius 1 is 1.14 bits per heavy atom. The first kappa shape index (κ1) is 15.6. The molecule has 0 saturated heterocycles. The van der Waals surface area contributed by atoms with Gasteiger partial charge in [-0.3, -0.25) is 14.3 Å². The largest absolute Gasteiger partial charge is 0.329 e. The van der Waals surface area contributed by atoms with E-state index in [4.69, 9.17) is 11.6 Å². The molecule has 0 bridgehead atoms. The molecule has 0 radical (unpaired) electrons. The van der Waals surface area contributed by atoms with Crippen molar-refractivity contribution in [1.29, 1.82) is 0 Å². The number of benzene rings is 1. The minimum Gasteiger partial charge on any atom is -0.297 e. The minimum atomic E-state index is -0.432. The highest BCUT2D eigenvalue weighted by Gasteiger charge is 2.11. The molecule has 21 heavy (non-hydrogen) atoms. The molecule has 0 saturated carbocycles. The number of aryl methyl sites for hydroxylation is 1. The van der Waals surface area contributed by atoms with Crippen LogP contribution in [0.4, 0.5) is 0 Å². The van der Waals surface area contributed by atoms with Crippen LogP contribution in [0.2, 0.25) is 5.15 Å². The quantitative estimate of drug-likeness (QED) is 0.834. The molecule has 1 heterocycles. The summed E-state index contributed by atoms with van der Waals surface area (Å²) < 4.78 is 1.25. The lowest BCUT2D eigenvalue weighted by atomic mass is 10.1. The third-order valence-corrected chi connectivity index (χ3v) is 3.74. The van der Waals surface area contributed by atoms with E-state index in [9.17, 15) is 9.59 Å². The van der Waals surface area contributed by atoms with Crippen LogP contribution in [-0.4, -0.2) is 9.55 Å². The summed E-state index contributed by atoms with van der Waals surface area (Å²) in [7, 11) is 0. The third kappa shape index (κ3) is 3.85. The van der Waals surface area contributed by atoms with E-state index in [1.54, 1.807) is 0 Å². The van der Waals surface area contributed by atoms with Crippen LogP contribution >= 0.6 is 11.6 Å². The zero-order valence-electron chi connectivity index (χ0n) is 12.1. The molecule has 1 aromatic heterocycles. The molecule has 5 heteroatoms. The zero-order valence-corrected chi connectivity index (χ0v) is 12.8. The molecule has 0 amide bonds. The first-order valence-electron chi connectivity index (χ1n) is 7.19. The smallest absolute Gasteiger partial charge is 0.297 e. The summed E-state index contributed by atoms with van der Waals surface area (Å²) in [4.78, 5) is 26.7. The van der Waals surface area contributed by atoms with Gasteiger partial charge >= 0.3 is 5.69 Å². The number of H-pyrrole nitrogens is 1. The molecule has 0 atom stereocenters. The molecule has 4 nitrogen and oxygen atoms in total. The fourth-order valence-electron chi connectivity index (χ4n) is 2.34. The summed E-state index contributed by atoms with van der Waals surface area (Å²) in [6.45, 7) is 2.37. The van der Waals surface area contributed by atoms with Gasteiger partial charge in [0.2, 0.25) is 0 Å². The zero-order chi connectivity index (χ0) is 15.2. The predicted molar refractivity (Wildman–Crippen MR) is 85.1 cm³/mol. The topological polar surface area (TPSA) is 54.9 Å². The predicted octanol–water partition coefficient (Wildman–Crippen LogP) is 2.78. The van der Waals surface area contributed by atoms with Crippen LogP contribution in [0.5, 0.6) is 0 Å². The van der Waals surface area contributed by atoms with Crippen LogP contribution in [0.25, 0.3) is 0 Å². The van der Waals surface area contributed by atoms with Crippen LogP contribution in [0.15, 0.2) is 39.9 Å². The maximum Gasteiger partial charge on any atom is 0.329 e. The Kier molecular flexibility index (Phi) is 5.39. The number of nitrogens with zero attached hydrogens (tertiary/aromatic N) is 1. The summed E-state index contributed by atoms with van der Waals surface area (Å²) in [5.41, 5.74) is 1.000. The van der Waals surface area contributed by atoms with E-state index in [1.165, 1.54) is 10.1 Å². The second-order valence-electron chi connectivity index (χ2n) is 5.02. The van der Waals surface area contributed by atoms with Crippen molar-refractivity contribution in [2.24, 2.45) is 0 Å². The fourth-order valence-corrected chi connectivity index (χ4v) is 2.60. The lowest BCUT2D eigenvalue weighted by Gasteiger charge is -2.08. The molecule has 0 fully saturated rings. The van der Waals surface area contributed by atoms with Crippen molar-refractivity contribution >= 4 is 11.6 Å². The van der Waals surface area contributed by atoms with E-state index >= 15 is 0 Å². The van der Waals surface area contributed by atoms with Crippen molar-refractivity contribution in [1.82, 2.24) is 9.55 Å². The number of aromatic amines is 1. The number of rotatable bonds is 6.